The zero-order valence-electron chi connectivity index (χ0n) is 12.0. The van der Waals surface area contributed by atoms with E-state index in [1.165, 1.54) is 12.8 Å². The van der Waals surface area contributed by atoms with Gasteiger partial charge in [-0.1, -0.05) is 0 Å². The van der Waals surface area contributed by atoms with Gasteiger partial charge in [0, 0.05) is 30.4 Å². The van der Waals surface area contributed by atoms with Crippen molar-refractivity contribution in [1.29, 1.82) is 0 Å². The Kier molecular flexibility index (Phi) is 3.03. The van der Waals surface area contributed by atoms with Crippen molar-refractivity contribution in [2.45, 2.75) is 44.1 Å². The van der Waals surface area contributed by atoms with E-state index in [9.17, 15) is 0 Å². The van der Waals surface area contributed by atoms with Gasteiger partial charge >= 0.3 is 0 Å². The first-order valence-corrected chi connectivity index (χ1v) is 8.24. The van der Waals surface area contributed by atoms with Crippen LogP contribution in [0, 0.1) is 6.92 Å². The average molecular weight is 348 g/mol. The van der Waals surface area contributed by atoms with Crippen LogP contribution in [0.5, 0.6) is 0 Å². The molecule has 2 saturated carbocycles. The molecular formula is C15H18BrN5. The summed E-state index contributed by atoms with van der Waals surface area (Å²) < 4.78 is 3.10. The summed E-state index contributed by atoms with van der Waals surface area (Å²) in [6.07, 6.45) is 8.68. The molecule has 2 aromatic heterocycles. The van der Waals surface area contributed by atoms with Crippen molar-refractivity contribution < 1.29 is 0 Å². The molecule has 0 aromatic carbocycles. The summed E-state index contributed by atoms with van der Waals surface area (Å²) in [5.74, 6) is 2.54. The topological polar surface area (TPSA) is 55.6 Å². The quantitative estimate of drug-likeness (QED) is 0.901. The van der Waals surface area contributed by atoms with E-state index in [2.05, 4.69) is 47.2 Å². The van der Waals surface area contributed by atoms with Crippen LogP contribution < -0.4 is 5.32 Å². The molecule has 0 unspecified atom stereocenters. The predicted octanol–water partition coefficient (Wildman–Crippen LogP) is 3.22. The molecule has 2 heterocycles. The van der Waals surface area contributed by atoms with Crippen LogP contribution in [0.25, 0.3) is 0 Å². The summed E-state index contributed by atoms with van der Waals surface area (Å²) in [7, 11) is 0. The lowest BCUT2D eigenvalue weighted by atomic mass is 10.2. The molecule has 110 valence electrons. The highest BCUT2D eigenvalue weighted by atomic mass is 79.9. The molecule has 2 aliphatic rings. The van der Waals surface area contributed by atoms with E-state index in [1.807, 2.05) is 19.2 Å². The smallest absolute Gasteiger partial charge is 0.134 e. The maximum absolute atomic E-state index is 4.66. The molecule has 2 aromatic rings. The number of rotatable bonds is 5. The molecular weight excluding hydrogens is 330 g/mol. The molecule has 1 N–H and O–H groups in total. The summed E-state index contributed by atoms with van der Waals surface area (Å²) in [5.41, 5.74) is 1.16. The van der Waals surface area contributed by atoms with Crippen molar-refractivity contribution in [3.8, 4) is 0 Å². The highest BCUT2D eigenvalue weighted by Gasteiger charge is 2.45. The van der Waals surface area contributed by atoms with Crippen LogP contribution in [-0.2, 0) is 5.54 Å². The van der Waals surface area contributed by atoms with Crippen LogP contribution in [0.15, 0.2) is 22.9 Å². The molecule has 2 aliphatic carbocycles. The van der Waals surface area contributed by atoms with Gasteiger partial charge in [-0.3, -0.25) is 4.68 Å². The Bertz CT molecular complexity index is 672. The Morgan fingerprint density at radius 1 is 1.38 bits per heavy atom. The molecule has 0 aliphatic heterocycles. The molecule has 0 atom stereocenters. The zero-order valence-corrected chi connectivity index (χ0v) is 13.6. The Hall–Kier alpha value is -1.43. The van der Waals surface area contributed by atoms with E-state index in [1.54, 1.807) is 0 Å². The number of halogens is 1. The summed E-state index contributed by atoms with van der Waals surface area (Å²) in [4.78, 5) is 9.21. The van der Waals surface area contributed by atoms with Crippen LogP contribution in [-0.4, -0.2) is 26.3 Å². The second kappa shape index (κ2) is 4.80. The van der Waals surface area contributed by atoms with Crippen molar-refractivity contribution >= 4 is 21.7 Å². The normalized spacial score (nSPS) is 19.5. The lowest BCUT2D eigenvalue weighted by Crippen LogP contribution is -2.27. The lowest BCUT2D eigenvalue weighted by molar-refractivity contribution is 0.452. The summed E-state index contributed by atoms with van der Waals surface area (Å²) in [5, 5.41) is 7.92. The average Bonchev–Trinajstić information content (AvgIpc) is 3.37. The standard InChI is InChI=1S/C15H18BrN5/c1-10-6-13(20-14(19-10)11-2-3-11)17-9-15(4-5-15)21-8-12(16)7-18-21/h6-8,11H,2-5,9H2,1H3,(H,17,19,20). The first-order chi connectivity index (χ1) is 10.1. The van der Waals surface area contributed by atoms with Crippen molar-refractivity contribution in [1.82, 2.24) is 19.7 Å². The van der Waals surface area contributed by atoms with Gasteiger partial charge in [0.15, 0.2) is 0 Å². The van der Waals surface area contributed by atoms with Crippen molar-refractivity contribution in [3.63, 3.8) is 0 Å². The molecule has 0 radical (unpaired) electrons. The van der Waals surface area contributed by atoms with E-state index < -0.39 is 0 Å². The van der Waals surface area contributed by atoms with Gasteiger partial charge in [-0.05, 0) is 48.5 Å². The van der Waals surface area contributed by atoms with Crippen LogP contribution >= 0.6 is 15.9 Å². The molecule has 5 nitrogen and oxygen atoms in total. The van der Waals surface area contributed by atoms with Gasteiger partial charge in [0.05, 0.1) is 16.2 Å². The van der Waals surface area contributed by atoms with E-state index in [-0.39, 0.29) is 5.54 Å². The maximum atomic E-state index is 4.66. The van der Waals surface area contributed by atoms with Crippen LogP contribution in [0.3, 0.4) is 0 Å². The first kappa shape index (κ1) is 13.2. The highest BCUT2D eigenvalue weighted by molar-refractivity contribution is 9.10. The molecule has 4 rings (SSSR count). The largest absolute Gasteiger partial charge is 0.368 e. The van der Waals surface area contributed by atoms with Gasteiger partial charge in [-0.2, -0.15) is 5.10 Å². The number of aromatic nitrogens is 4. The number of hydrogen-bond acceptors (Lipinski definition) is 4. The number of anilines is 1. The van der Waals surface area contributed by atoms with Crippen LogP contribution in [0.4, 0.5) is 5.82 Å². The minimum absolute atomic E-state index is 0.116. The second-order valence-corrected chi connectivity index (χ2v) is 7.12. The van der Waals surface area contributed by atoms with Crippen molar-refractivity contribution in [3.05, 3.63) is 34.5 Å². The van der Waals surface area contributed by atoms with E-state index in [0.29, 0.717) is 5.92 Å². The van der Waals surface area contributed by atoms with Gasteiger partial charge in [-0.25, -0.2) is 9.97 Å². The maximum Gasteiger partial charge on any atom is 0.134 e. The van der Waals surface area contributed by atoms with Gasteiger partial charge in [0.25, 0.3) is 0 Å². The minimum Gasteiger partial charge on any atom is -0.368 e. The summed E-state index contributed by atoms with van der Waals surface area (Å²) >= 11 is 3.47. The lowest BCUT2D eigenvalue weighted by Gasteiger charge is -2.17. The molecule has 21 heavy (non-hydrogen) atoms. The Balaban J connectivity index is 1.49. The number of hydrogen-bond donors (Lipinski definition) is 1. The van der Waals surface area contributed by atoms with Gasteiger partial charge in [-0.15, -0.1) is 0 Å². The number of nitrogens with zero attached hydrogens (tertiary/aromatic N) is 4. The monoisotopic (exact) mass is 347 g/mol. The fourth-order valence-corrected chi connectivity index (χ4v) is 2.94. The fourth-order valence-electron chi connectivity index (χ4n) is 2.65. The minimum atomic E-state index is 0.116. The van der Waals surface area contributed by atoms with Gasteiger partial charge < -0.3 is 5.32 Å². The van der Waals surface area contributed by atoms with E-state index in [0.717, 1.165) is 41.2 Å². The van der Waals surface area contributed by atoms with Crippen LogP contribution in [0.1, 0.15) is 43.1 Å². The summed E-state index contributed by atoms with van der Waals surface area (Å²) in [6.45, 7) is 2.90. The highest BCUT2D eigenvalue weighted by Crippen LogP contribution is 2.43. The summed E-state index contributed by atoms with van der Waals surface area (Å²) in [6, 6.07) is 2.03. The number of nitrogens with one attached hydrogen (secondary N) is 1. The Morgan fingerprint density at radius 2 is 2.19 bits per heavy atom. The molecule has 2 fully saturated rings. The third-order valence-corrected chi connectivity index (χ3v) is 4.69. The molecule has 0 amide bonds. The fraction of sp³-hybridized carbons (Fsp3) is 0.533. The predicted molar refractivity (Wildman–Crippen MR) is 84.4 cm³/mol. The van der Waals surface area contributed by atoms with Crippen LogP contribution in [0.2, 0.25) is 0 Å². The zero-order chi connectivity index (χ0) is 14.4. The Morgan fingerprint density at radius 3 is 2.81 bits per heavy atom. The Labute approximate surface area is 132 Å². The first-order valence-electron chi connectivity index (χ1n) is 7.45. The molecule has 0 spiro atoms. The van der Waals surface area contributed by atoms with Gasteiger partial charge in [0.1, 0.15) is 11.6 Å². The SMILES string of the molecule is Cc1cc(NCC2(n3cc(Br)cn3)CC2)nc(C2CC2)n1. The van der Waals surface area contributed by atoms with Crippen molar-refractivity contribution in [2.75, 3.05) is 11.9 Å². The van der Waals surface area contributed by atoms with Gasteiger partial charge in [0.2, 0.25) is 0 Å². The molecule has 0 saturated heterocycles. The number of aryl methyl sites for hydroxylation is 1. The van der Waals surface area contributed by atoms with Crippen molar-refractivity contribution in [2.24, 2.45) is 0 Å². The third-order valence-electron chi connectivity index (χ3n) is 4.28. The third kappa shape index (κ3) is 2.69. The van der Waals surface area contributed by atoms with E-state index >= 15 is 0 Å². The molecule has 0 bridgehead atoms. The van der Waals surface area contributed by atoms with E-state index in [4.69, 9.17) is 0 Å². The molecule has 6 heteroatoms. The second-order valence-electron chi connectivity index (χ2n) is 6.21.